The van der Waals surface area contributed by atoms with Gasteiger partial charge in [-0.3, -0.25) is 0 Å². The molecule has 0 spiro atoms. The number of aromatic nitrogens is 4. The molecule has 0 saturated carbocycles. The molecular weight excluding hydrogens is 184 g/mol. The van der Waals surface area contributed by atoms with E-state index in [1.807, 2.05) is 0 Å². The van der Waals surface area contributed by atoms with E-state index in [4.69, 9.17) is 5.11 Å². The van der Waals surface area contributed by atoms with Gasteiger partial charge in [-0.2, -0.15) is 10.1 Å². The first kappa shape index (κ1) is 8.61. The van der Waals surface area contributed by atoms with Gasteiger partial charge in [0.1, 0.15) is 11.9 Å². The van der Waals surface area contributed by atoms with Gasteiger partial charge >= 0.3 is 5.97 Å². The lowest BCUT2D eigenvalue weighted by atomic mass is 10.2. The molecule has 0 aliphatic carbocycles. The van der Waals surface area contributed by atoms with Crippen molar-refractivity contribution >= 4 is 11.7 Å². The van der Waals surface area contributed by atoms with Crippen LogP contribution in [0.3, 0.4) is 0 Å². The minimum atomic E-state index is -0.995. The number of fused-ring (bicyclic) bond motifs is 1. The zero-order valence-corrected chi connectivity index (χ0v) is 7.72. The molecule has 0 amide bonds. The first-order chi connectivity index (χ1) is 6.61. The average Bonchev–Trinajstić information content (AvgIpc) is 2.50. The highest BCUT2D eigenvalue weighted by atomic mass is 16.4. The van der Waals surface area contributed by atoms with Gasteiger partial charge in [0.25, 0.3) is 5.78 Å². The molecule has 2 aromatic heterocycles. The van der Waals surface area contributed by atoms with E-state index in [1.165, 1.54) is 10.8 Å². The molecule has 0 radical (unpaired) electrons. The number of nitrogens with zero attached hydrogens (tertiary/aromatic N) is 4. The van der Waals surface area contributed by atoms with Crippen LogP contribution in [0.25, 0.3) is 5.78 Å². The van der Waals surface area contributed by atoms with Gasteiger partial charge in [0.05, 0.1) is 11.4 Å². The molecule has 2 heterocycles. The van der Waals surface area contributed by atoms with Crippen molar-refractivity contribution in [3.05, 3.63) is 23.3 Å². The zero-order valence-electron chi connectivity index (χ0n) is 7.72. The van der Waals surface area contributed by atoms with Crippen molar-refractivity contribution in [2.24, 2.45) is 0 Å². The molecular formula is C8H8N4O2. The SMILES string of the molecule is Cc1nc2ncnn2c(C)c1C(=O)O. The van der Waals surface area contributed by atoms with E-state index in [9.17, 15) is 4.79 Å². The van der Waals surface area contributed by atoms with E-state index in [0.29, 0.717) is 17.2 Å². The van der Waals surface area contributed by atoms with Gasteiger partial charge in [0, 0.05) is 0 Å². The van der Waals surface area contributed by atoms with E-state index in [0.717, 1.165) is 0 Å². The third-order valence-corrected chi connectivity index (χ3v) is 2.05. The van der Waals surface area contributed by atoms with Gasteiger partial charge in [-0.25, -0.2) is 14.3 Å². The van der Waals surface area contributed by atoms with Gasteiger partial charge in [-0.15, -0.1) is 0 Å². The Morgan fingerprint density at radius 1 is 1.50 bits per heavy atom. The quantitative estimate of drug-likeness (QED) is 0.709. The Labute approximate surface area is 79.2 Å². The molecule has 0 unspecified atom stereocenters. The Bertz CT molecular complexity index is 517. The van der Waals surface area contributed by atoms with Crippen LogP contribution in [0.4, 0.5) is 0 Å². The fraction of sp³-hybridized carbons (Fsp3) is 0.250. The van der Waals surface area contributed by atoms with E-state index in [1.54, 1.807) is 13.8 Å². The maximum Gasteiger partial charge on any atom is 0.339 e. The fourth-order valence-corrected chi connectivity index (χ4v) is 1.43. The second-order valence-corrected chi connectivity index (χ2v) is 2.93. The first-order valence-electron chi connectivity index (χ1n) is 4.01. The minimum Gasteiger partial charge on any atom is -0.478 e. The van der Waals surface area contributed by atoms with Gasteiger partial charge in [0.2, 0.25) is 0 Å². The highest BCUT2D eigenvalue weighted by Gasteiger charge is 2.16. The Morgan fingerprint density at radius 3 is 2.86 bits per heavy atom. The molecule has 0 aliphatic heterocycles. The normalized spacial score (nSPS) is 10.7. The molecule has 1 N–H and O–H groups in total. The summed E-state index contributed by atoms with van der Waals surface area (Å²) in [7, 11) is 0. The topological polar surface area (TPSA) is 80.4 Å². The van der Waals surface area contributed by atoms with Crippen LogP contribution in [0.1, 0.15) is 21.7 Å². The van der Waals surface area contributed by atoms with E-state index < -0.39 is 5.97 Å². The summed E-state index contributed by atoms with van der Waals surface area (Å²) >= 11 is 0. The third kappa shape index (κ3) is 1.04. The average molecular weight is 192 g/mol. The van der Waals surface area contributed by atoms with Crippen molar-refractivity contribution in [3.8, 4) is 0 Å². The van der Waals surface area contributed by atoms with Crippen molar-refractivity contribution in [3.63, 3.8) is 0 Å². The number of carboxylic acids is 1. The monoisotopic (exact) mass is 192 g/mol. The lowest BCUT2D eigenvalue weighted by molar-refractivity contribution is 0.0694. The Balaban J connectivity index is 2.89. The van der Waals surface area contributed by atoms with Crippen LogP contribution in [-0.4, -0.2) is 30.7 Å². The number of rotatable bonds is 1. The van der Waals surface area contributed by atoms with Crippen LogP contribution in [0.2, 0.25) is 0 Å². The molecule has 2 aromatic rings. The predicted octanol–water partition coefficient (Wildman–Crippen LogP) is 0.439. The highest BCUT2D eigenvalue weighted by molar-refractivity contribution is 5.90. The summed E-state index contributed by atoms with van der Waals surface area (Å²) in [6, 6.07) is 0. The van der Waals surface area contributed by atoms with Gasteiger partial charge < -0.3 is 5.11 Å². The number of carbonyl (C=O) groups is 1. The van der Waals surface area contributed by atoms with Crippen molar-refractivity contribution in [1.82, 2.24) is 19.6 Å². The summed E-state index contributed by atoms with van der Waals surface area (Å²) in [5, 5.41) is 12.8. The van der Waals surface area contributed by atoms with Crippen LogP contribution in [0, 0.1) is 13.8 Å². The largest absolute Gasteiger partial charge is 0.478 e. The number of hydrogen-bond acceptors (Lipinski definition) is 4. The molecule has 14 heavy (non-hydrogen) atoms. The lowest BCUT2D eigenvalue weighted by Gasteiger charge is -2.04. The van der Waals surface area contributed by atoms with Crippen molar-refractivity contribution in [2.45, 2.75) is 13.8 Å². The van der Waals surface area contributed by atoms with Crippen LogP contribution in [0.15, 0.2) is 6.33 Å². The zero-order chi connectivity index (χ0) is 10.3. The molecule has 0 saturated heterocycles. The fourth-order valence-electron chi connectivity index (χ4n) is 1.43. The molecule has 2 rings (SSSR count). The smallest absolute Gasteiger partial charge is 0.339 e. The van der Waals surface area contributed by atoms with Crippen LogP contribution < -0.4 is 0 Å². The number of hydrogen-bond donors (Lipinski definition) is 1. The van der Waals surface area contributed by atoms with Gasteiger partial charge in [0.15, 0.2) is 0 Å². The van der Waals surface area contributed by atoms with Crippen molar-refractivity contribution in [1.29, 1.82) is 0 Å². The minimum absolute atomic E-state index is 0.183. The molecule has 0 fully saturated rings. The molecule has 72 valence electrons. The first-order valence-corrected chi connectivity index (χ1v) is 4.01. The molecule has 6 nitrogen and oxygen atoms in total. The molecule has 0 atom stereocenters. The molecule has 0 bridgehead atoms. The van der Waals surface area contributed by atoms with Crippen molar-refractivity contribution < 1.29 is 9.90 Å². The molecule has 0 aromatic carbocycles. The van der Waals surface area contributed by atoms with E-state index in [-0.39, 0.29) is 5.56 Å². The van der Waals surface area contributed by atoms with Crippen molar-refractivity contribution in [2.75, 3.05) is 0 Å². The summed E-state index contributed by atoms with van der Waals surface area (Å²) in [6.07, 6.45) is 1.35. The third-order valence-electron chi connectivity index (χ3n) is 2.05. The lowest BCUT2D eigenvalue weighted by Crippen LogP contribution is -2.10. The van der Waals surface area contributed by atoms with Crippen LogP contribution in [-0.2, 0) is 0 Å². The second-order valence-electron chi connectivity index (χ2n) is 2.93. The summed E-state index contributed by atoms with van der Waals surface area (Å²) in [5.74, 6) is -0.574. The highest BCUT2D eigenvalue weighted by Crippen LogP contribution is 2.12. The van der Waals surface area contributed by atoms with Crippen LogP contribution >= 0.6 is 0 Å². The Morgan fingerprint density at radius 2 is 2.21 bits per heavy atom. The summed E-state index contributed by atoms with van der Waals surface area (Å²) in [6.45, 7) is 3.32. The number of aryl methyl sites for hydroxylation is 2. The number of aromatic carboxylic acids is 1. The van der Waals surface area contributed by atoms with E-state index >= 15 is 0 Å². The van der Waals surface area contributed by atoms with Gasteiger partial charge in [-0.05, 0) is 13.8 Å². The van der Waals surface area contributed by atoms with E-state index in [2.05, 4.69) is 15.1 Å². The summed E-state index contributed by atoms with van der Waals surface area (Å²) in [4.78, 5) is 18.8. The maximum atomic E-state index is 10.9. The Kier molecular flexibility index (Phi) is 1.70. The Hall–Kier alpha value is -1.98. The standard InChI is InChI=1S/C8H8N4O2/c1-4-6(7(13)14)5(2)12-8(11-4)9-3-10-12/h3H,1-2H3,(H,13,14). The molecule has 0 aliphatic rings. The van der Waals surface area contributed by atoms with Crippen LogP contribution in [0.5, 0.6) is 0 Å². The number of carboxylic acid groups (broad SMARTS) is 1. The van der Waals surface area contributed by atoms with Gasteiger partial charge in [-0.1, -0.05) is 0 Å². The second kappa shape index (κ2) is 2.76. The predicted molar refractivity (Wildman–Crippen MR) is 47.2 cm³/mol. The maximum absolute atomic E-state index is 10.9. The summed E-state index contributed by atoms with van der Waals surface area (Å²) < 4.78 is 1.41. The molecule has 6 heteroatoms. The summed E-state index contributed by atoms with van der Waals surface area (Å²) in [5.41, 5.74) is 1.18.